The predicted octanol–water partition coefficient (Wildman–Crippen LogP) is 4.43. The van der Waals surface area contributed by atoms with E-state index in [0.29, 0.717) is 12.8 Å². The molecule has 3 aliphatic carbocycles. The minimum absolute atomic E-state index is 0.0495. The average Bonchev–Trinajstić information content (AvgIpc) is 3.15. The molecule has 1 N–H and O–H groups in total. The maximum Gasteiger partial charge on any atom is 0.410 e. The van der Waals surface area contributed by atoms with Crippen LogP contribution in [0.4, 0.5) is 9.59 Å². The third-order valence-corrected chi connectivity index (χ3v) is 6.62. The van der Waals surface area contributed by atoms with Crippen molar-refractivity contribution in [1.29, 1.82) is 0 Å². The number of amides is 2. The molecule has 0 spiro atoms. The van der Waals surface area contributed by atoms with Crippen molar-refractivity contribution in [2.45, 2.75) is 90.1 Å². The molecule has 1 saturated heterocycles. The van der Waals surface area contributed by atoms with Crippen molar-refractivity contribution in [2.24, 2.45) is 5.92 Å². The summed E-state index contributed by atoms with van der Waals surface area (Å²) in [6.07, 6.45) is 6.95. The number of likely N-dealkylation sites (tertiary alicyclic amines) is 1. The normalized spacial score (nSPS) is 24.5. The molecule has 8 nitrogen and oxygen atoms in total. The maximum absolute atomic E-state index is 12.5. The van der Waals surface area contributed by atoms with Crippen LogP contribution in [-0.2, 0) is 19.0 Å². The van der Waals surface area contributed by atoms with Crippen molar-refractivity contribution in [2.75, 3.05) is 7.11 Å². The van der Waals surface area contributed by atoms with Crippen LogP contribution in [0.25, 0.3) is 11.1 Å². The maximum atomic E-state index is 12.5. The first-order valence-electron chi connectivity index (χ1n) is 12.1. The van der Waals surface area contributed by atoms with E-state index < -0.39 is 29.8 Å². The third kappa shape index (κ3) is 6.08. The van der Waals surface area contributed by atoms with Gasteiger partial charge < -0.3 is 19.5 Å². The molecule has 0 aromatic rings. The van der Waals surface area contributed by atoms with Crippen LogP contribution in [0.2, 0.25) is 0 Å². The Balaban J connectivity index is 0.000000410. The summed E-state index contributed by atoms with van der Waals surface area (Å²) >= 11 is 0. The van der Waals surface area contributed by atoms with Crippen LogP contribution in [0.15, 0.2) is 18.2 Å². The molecule has 1 aliphatic heterocycles. The smallest absolute Gasteiger partial charge is 0.410 e. The van der Waals surface area contributed by atoms with Crippen molar-refractivity contribution in [3.8, 4) is 23.5 Å². The molecule has 2 fully saturated rings. The number of aryl methyl sites for hydroxylation is 1. The lowest BCUT2D eigenvalue weighted by atomic mass is 9.82. The molecule has 0 bridgehead atoms. The van der Waals surface area contributed by atoms with E-state index in [-0.39, 0.29) is 24.1 Å². The summed E-state index contributed by atoms with van der Waals surface area (Å²) in [7, 11) is 1.33. The second kappa shape index (κ2) is 10.6. The predicted molar refractivity (Wildman–Crippen MR) is 131 cm³/mol. The Kier molecular flexibility index (Phi) is 7.99. The van der Waals surface area contributed by atoms with Gasteiger partial charge in [-0.25, -0.2) is 14.4 Å². The Morgan fingerprint density at radius 1 is 1.23 bits per heavy atom. The Labute approximate surface area is 207 Å². The first-order chi connectivity index (χ1) is 16.4. The van der Waals surface area contributed by atoms with Gasteiger partial charge in [-0.2, -0.15) is 0 Å². The van der Waals surface area contributed by atoms with Gasteiger partial charge in [0.25, 0.3) is 0 Å². The van der Waals surface area contributed by atoms with Crippen LogP contribution in [-0.4, -0.2) is 60.0 Å². The molecule has 190 valence electrons. The van der Waals surface area contributed by atoms with Gasteiger partial charge in [0.05, 0.1) is 13.2 Å². The molecule has 5 atom stereocenters. The fourth-order valence-electron chi connectivity index (χ4n) is 4.90. The highest BCUT2D eigenvalue weighted by atomic mass is 16.6. The van der Waals surface area contributed by atoms with E-state index in [2.05, 4.69) is 36.4 Å². The summed E-state index contributed by atoms with van der Waals surface area (Å²) in [5.41, 5.74) is 3.70. The van der Waals surface area contributed by atoms with E-state index in [0.717, 1.165) is 12.8 Å². The number of nitrogens with zero attached hydrogens (tertiary/aromatic N) is 1. The number of rotatable bonds is 3. The van der Waals surface area contributed by atoms with Gasteiger partial charge in [0.2, 0.25) is 0 Å². The number of esters is 1. The summed E-state index contributed by atoms with van der Waals surface area (Å²) in [4.78, 5) is 38.1. The van der Waals surface area contributed by atoms with Gasteiger partial charge in [0.1, 0.15) is 17.7 Å². The zero-order chi connectivity index (χ0) is 25.9. The highest BCUT2D eigenvalue weighted by molar-refractivity contribution is 5.81. The van der Waals surface area contributed by atoms with Crippen molar-refractivity contribution in [3.05, 3.63) is 23.8 Å². The number of hydrogen-bond acceptors (Lipinski definition) is 6. The molecule has 2 amide bonds. The number of alkyl carbamates (subject to hydrolysis) is 1. The van der Waals surface area contributed by atoms with Gasteiger partial charge in [-0.05, 0) is 77.0 Å². The molecule has 2 unspecified atom stereocenters. The number of nitrogens with one attached hydrogen (secondary N) is 1. The number of hydrogen-bond donors (Lipinski definition) is 1. The SMILES string of the molecule is C#CC1C[C@H]2[C@@H](OC(=O)C(C)NC(=O)OC(C)(C)C)CCC[C@H]2N1C(=O)OC.Cc1cc2ccc1-2. The quantitative estimate of drug-likeness (QED) is 0.394. The Morgan fingerprint density at radius 3 is 2.40 bits per heavy atom. The standard InChI is InChI=1S/C20H30N2O6.C7H6/c1-7-13-11-14-15(22(13)19(25)26-6)9-8-10-16(14)27-17(23)12(2)21-18(24)28-20(3,4)5;1-5-4-6-2-3-7(5)6/h1,12-16H,8-11H2,2-6H3,(H,21,24);2-4H,1H3/t12?,13?,14-,15-,16+;/m1./s1. The first kappa shape index (κ1) is 26.4. The zero-order valence-electron chi connectivity index (χ0n) is 21.4. The minimum Gasteiger partial charge on any atom is -0.460 e. The molecule has 8 heteroatoms. The largest absolute Gasteiger partial charge is 0.460 e. The van der Waals surface area contributed by atoms with Gasteiger partial charge in [-0.15, -0.1) is 6.42 Å². The summed E-state index contributed by atoms with van der Waals surface area (Å²) in [5.74, 6) is 2.05. The second-order valence-electron chi connectivity index (χ2n) is 10.3. The summed E-state index contributed by atoms with van der Waals surface area (Å²) in [6.45, 7) is 8.92. The van der Waals surface area contributed by atoms with Crippen molar-refractivity contribution >= 4 is 18.2 Å². The summed E-state index contributed by atoms with van der Waals surface area (Å²) in [5, 5.41) is 2.49. The van der Waals surface area contributed by atoms with E-state index in [1.54, 1.807) is 32.6 Å². The van der Waals surface area contributed by atoms with Gasteiger partial charge in [0.15, 0.2) is 0 Å². The highest BCUT2D eigenvalue weighted by Crippen LogP contribution is 2.41. The molecule has 0 aromatic carbocycles. The number of terminal acetylenes is 1. The lowest BCUT2D eigenvalue weighted by molar-refractivity contribution is -0.156. The van der Waals surface area contributed by atoms with Crippen molar-refractivity contribution in [3.63, 3.8) is 0 Å². The molecular weight excluding hydrogens is 448 g/mol. The molecule has 1 heterocycles. The zero-order valence-corrected chi connectivity index (χ0v) is 21.4. The molecule has 0 radical (unpaired) electrons. The van der Waals surface area contributed by atoms with Crippen LogP contribution >= 0.6 is 0 Å². The number of carbonyl (C=O) groups excluding carboxylic acids is 3. The highest BCUT2D eigenvalue weighted by Gasteiger charge is 2.49. The minimum atomic E-state index is -0.850. The van der Waals surface area contributed by atoms with E-state index in [9.17, 15) is 14.4 Å². The lowest BCUT2D eigenvalue weighted by Crippen LogP contribution is -2.48. The van der Waals surface area contributed by atoms with Crippen LogP contribution in [0.3, 0.4) is 0 Å². The Morgan fingerprint density at radius 2 is 1.94 bits per heavy atom. The fraction of sp³-hybridized carbons (Fsp3) is 0.593. The van der Waals surface area contributed by atoms with Gasteiger partial charge in [0, 0.05) is 12.0 Å². The van der Waals surface area contributed by atoms with Crippen LogP contribution in [0, 0.1) is 25.2 Å². The number of fused-ring (bicyclic) bond motifs is 2. The van der Waals surface area contributed by atoms with Gasteiger partial charge in [-0.3, -0.25) is 4.90 Å². The molecular formula is C27H36N2O6. The van der Waals surface area contributed by atoms with E-state index in [4.69, 9.17) is 20.6 Å². The van der Waals surface area contributed by atoms with Crippen molar-refractivity contribution in [1.82, 2.24) is 10.2 Å². The third-order valence-electron chi connectivity index (χ3n) is 6.62. The number of benzene rings is 1. The number of methoxy groups -OCH3 is 1. The number of ether oxygens (including phenoxy) is 3. The van der Waals surface area contributed by atoms with E-state index in [1.165, 1.54) is 23.8 Å². The molecule has 4 rings (SSSR count). The first-order valence-corrected chi connectivity index (χ1v) is 12.1. The van der Waals surface area contributed by atoms with E-state index in [1.807, 2.05) is 0 Å². The van der Waals surface area contributed by atoms with Gasteiger partial charge >= 0.3 is 18.2 Å². The molecule has 0 aromatic heterocycles. The average molecular weight is 485 g/mol. The fourth-order valence-corrected chi connectivity index (χ4v) is 4.90. The monoisotopic (exact) mass is 484 g/mol. The summed E-state index contributed by atoms with van der Waals surface area (Å²) < 4.78 is 15.7. The lowest BCUT2D eigenvalue weighted by Gasteiger charge is -2.36. The summed E-state index contributed by atoms with van der Waals surface area (Å²) in [6, 6.07) is 5.16. The molecule has 35 heavy (non-hydrogen) atoms. The Bertz CT molecular complexity index is 1010. The second-order valence-corrected chi connectivity index (χ2v) is 10.3. The molecule has 1 saturated carbocycles. The Hall–Kier alpha value is -3.21. The number of carbonyl (C=O) groups is 3. The topological polar surface area (TPSA) is 94.2 Å². The molecule has 4 aliphatic rings. The van der Waals surface area contributed by atoms with E-state index >= 15 is 0 Å². The van der Waals surface area contributed by atoms with Gasteiger partial charge in [-0.1, -0.05) is 24.1 Å². The van der Waals surface area contributed by atoms with Crippen LogP contribution in [0.5, 0.6) is 0 Å². The van der Waals surface area contributed by atoms with Crippen LogP contribution in [0.1, 0.15) is 58.9 Å². The van der Waals surface area contributed by atoms with Crippen LogP contribution < -0.4 is 5.32 Å². The van der Waals surface area contributed by atoms with Crippen molar-refractivity contribution < 1.29 is 28.6 Å².